The Labute approximate surface area is 64.7 Å². The molecular formula is C8H8N2O. The van der Waals surface area contributed by atoms with E-state index in [9.17, 15) is 4.91 Å². The number of rotatable bonds is 3. The number of anilines is 1. The molecule has 0 unspecified atom stereocenters. The highest BCUT2D eigenvalue weighted by molar-refractivity contribution is 5.51. The van der Waals surface area contributed by atoms with E-state index in [0.717, 1.165) is 5.69 Å². The van der Waals surface area contributed by atoms with Crippen LogP contribution < -0.4 is 5.32 Å². The van der Waals surface area contributed by atoms with Crippen molar-refractivity contribution < 1.29 is 0 Å². The van der Waals surface area contributed by atoms with E-state index in [1.807, 2.05) is 0 Å². The lowest BCUT2D eigenvalue weighted by atomic mass is 10.3. The van der Waals surface area contributed by atoms with Gasteiger partial charge in [0.15, 0.2) is 0 Å². The van der Waals surface area contributed by atoms with E-state index < -0.39 is 0 Å². The van der Waals surface area contributed by atoms with Crippen LogP contribution in [-0.4, -0.2) is 0 Å². The van der Waals surface area contributed by atoms with E-state index in [1.165, 1.54) is 0 Å². The fraction of sp³-hybridized carbons (Fsp3) is 0. The number of benzene rings is 1. The summed E-state index contributed by atoms with van der Waals surface area (Å²) in [7, 11) is 0. The largest absolute Gasteiger partial charge is 0.362 e. The fourth-order valence-electron chi connectivity index (χ4n) is 0.736. The van der Waals surface area contributed by atoms with E-state index in [-0.39, 0.29) is 0 Å². The van der Waals surface area contributed by atoms with Gasteiger partial charge in [0.1, 0.15) is 5.69 Å². The highest BCUT2D eigenvalue weighted by Gasteiger charge is 1.89. The summed E-state index contributed by atoms with van der Waals surface area (Å²) in [5.41, 5.74) is 1.33. The monoisotopic (exact) mass is 148 g/mol. The van der Waals surface area contributed by atoms with Gasteiger partial charge in [0.25, 0.3) is 0 Å². The van der Waals surface area contributed by atoms with Crippen molar-refractivity contribution in [3.8, 4) is 0 Å². The first-order valence-corrected chi connectivity index (χ1v) is 3.17. The smallest absolute Gasteiger partial charge is 0.108 e. The van der Waals surface area contributed by atoms with E-state index in [1.54, 1.807) is 30.5 Å². The minimum atomic E-state index is 0.430. The third-order valence-corrected chi connectivity index (χ3v) is 1.24. The normalized spacial score (nSPS) is 8.73. The molecule has 0 spiro atoms. The predicted octanol–water partition coefficient (Wildman–Crippen LogP) is 2.64. The Morgan fingerprint density at radius 1 is 1.36 bits per heavy atom. The predicted molar refractivity (Wildman–Crippen MR) is 45.7 cm³/mol. The second-order valence-corrected chi connectivity index (χ2v) is 1.99. The number of hydrogen-bond donors (Lipinski definition) is 1. The van der Waals surface area contributed by atoms with Gasteiger partial charge >= 0.3 is 0 Å². The fourth-order valence-corrected chi connectivity index (χ4v) is 0.736. The van der Waals surface area contributed by atoms with Gasteiger partial charge in [-0.1, -0.05) is 6.58 Å². The van der Waals surface area contributed by atoms with Gasteiger partial charge in [-0.05, 0) is 35.6 Å². The maximum absolute atomic E-state index is 9.99. The summed E-state index contributed by atoms with van der Waals surface area (Å²) in [6.07, 6.45) is 1.57. The molecule has 3 nitrogen and oxygen atoms in total. The molecule has 0 amide bonds. The Bertz CT molecular complexity index is 253. The van der Waals surface area contributed by atoms with Crippen LogP contribution in [0.3, 0.4) is 0 Å². The second-order valence-electron chi connectivity index (χ2n) is 1.99. The van der Waals surface area contributed by atoms with Crippen molar-refractivity contribution in [2.24, 2.45) is 5.18 Å². The Morgan fingerprint density at radius 2 is 2.00 bits per heavy atom. The minimum Gasteiger partial charge on any atom is -0.362 e. The molecule has 0 aromatic heterocycles. The number of nitrogens with one attached hydrogen (secondary N) is 1. The first-order chi connectivity index (χ1) is 5.36. The summed E-state index contributed by atoms with van der Waals surface area (Å²) >= 11 is 0. The van der Waals surface area contributed by atoms with Gasteiger partial charge in [0.2, 0.25) is 0 Å². The molecule has 11 heavy (non-hydrogen) atoms. The highest BCUT2D eigenvalue weighted by Crippen LogP contribution is 2.15. The first-order valence-electron chi connectivity index (χ1n) is 3.17. The number of hydrogen-bond acceptors (Lipinski definition) is 3. The average molecular weight is 148 g/mol. The van der Waals surface area contributed by atoms with Gasteiger partial charge in [-0.3, -0.25) is 0 Å². The molecule has 3 heteroatoms. The Hall–Kier alpha value is -1.64. The maximum atomic E-state index is 9.99. The zero-order valence-electron chi connectivity index (χ0n) is 5.95. The minimum absolute atomic E-state index is 0.430. The highest BCUT2D eigenvalue weighted by atomic mass is 16.3. The Morgan fingerprint density at radius 3 is 2.45 bits per heavy atom. The van der Waals surface area contributed by atoms with E-state index in [0.29, 0.717) is 5.69 Å². The average Bonchev–Trinajstić information content (AvgIpc) is 2.07. The lowest BCUT2D eigenvalue weighted by Gasteiger charge is -1.97. The molecule has 0 radical (unpaired) electrons. The standard InChI is InChI=1S/C8H8N2O/c1-2-9-7-3-5-8(10-11)6-4-7/h2-6,9H,1H2. The SMILES string of the molecule is C=CNc1ccc(N=O)cc1. The van der Waals surface area contributed by atoms with Gasteiger partial charge in [0.05, 0.1) is 0 Å². The third-order valence-electron chi connectivity index (χ3n) is 1.24. The quantitative estimate of drug-likeness (QED) is 0.669. The van der Waals surface area contributed by atoms with Crippen molar-refractivity contribution in [3.05, 3.63) is 42.0 Å². The Kier molecular flexibility index (Phi) is 2.38. The summed E-state index contributed by atoms with van der Waals surface area (Å²) in [5, 5.41) is 5.65. The molecule has 0 bridgehead atoms. The van der Waals surface area contributed by atoms with Crippen molar-refractivity contribution in [1.82, 2.24) is 0 Å². The van der Waals surface area contributed by atoms with Gasteiger partial charge in [-0.25, -0.2) is 0 Å². The van der Waals surface area contributed by atoms with Crippen LogP contribution in [0.5, 0.6) is 0 Å². The van der Waals surface area contributed by atoms with E-state index in [2.05, 4.69) is 17.1 Å². The first kappa shape index (κ1) is 7.47. The molecule has 0 aliphatic carbocycles. The van der Waals surface area contributed by atoms with Crippen LogP contribution in [0.25, 0.3) is 0 Å². The summed E-state index contributed by atoms with van der Waals surface area (Å²) < 4.78 is 0. The molecular weight excluding hydrogens is 140 g/mol. The molecule has 0 aliphatic rings. The molecule has 1 aromatic carbocycles. The van der Waals surface area contributed by atoms with Crippen molar-refractivity contribution >= 4 is 11.4 Å². The molecule has 0 saturated carbocycles. The molecule has 1 rings (SSSR count). The molecule has 0 aliphatic heterocycles. The lowest BCUT2D eigenvalue weighted by Crippen LogP contribution is -1.83. The molecule has 0 saturated heterocycles. The summed E-state index contributed by atoms with van der Waals surface area (Å²) in [5.74, 6) is 0. The van der Waals surface area contributed by atoms with Gasteiger partial charge < -0.3 is 5.32 Å². The molecule has 0 atom stereocenters. The molecule has 0 fully saturated rings. The molecule has 1 aromatic rings. The van der Waals surface area contributed by atoms with Crippen LogP contribution in [0, 0.1) is 4.91 Å². The van der Waals surface area contributed by atoms with Crippen LogP contribution in [0.15, 0.2) is 42.2 Å². The van der Waals surface area contributed by atoms with Gasteiger partial charge in [-0.2, -0.15) is 0 Å². The number of nitroso groups, excluding NO2 is 1. The van der Waals surface area contributed by atoms with Gasteiger partial charge in [-0.15, -0.1) is 4.91 Å². The molecule has 0 heterocycles. The Balaban J connectivity index is 2.81. The van der Waals surface area contributed by atoms with Crippen LogP contribution in [0.1, 0.15) is 0 Å². The van der Waals surface area contributed by atoms with Crippen LogP contribution in [0.4, 0.5) is 11.4 Å². The topological polar surface area (TPSA) is 41.5 Å². The summed E-state index contributed by atoms with van der Waals surface area (Å²) in [4.78, 5) is 9.99. The van der Waals surface area contributed by atoms with Crippen molar-refractivity contribution in [3.63, 3.8) is 0 Å². The number of nitrogens with zero attached hydrogens (tertiary/aromatic N) is 1. The van der Waals surface area contributed by atoms with E-state index in [4.69, 9.17) is 0 Å². The van der Waals surface area contributed by atoms with E-state index >= 15 is 0 Å². The lowest BCUT2D eigenvalue weighted by molar-refractivity contribution is 1.48. The van der Waals surface area contributed by atoms with Crippen molar-refractivity contribution in [2.45, 2.75) is 0 Å². The second kappa shape index (κ2) is 3.51. The summed E-state index contributed by atoms with van der Waals surface area (Å²) in [6, 6.07) is 6.80. The molecule has 56 valence electrons. The zero-order chi connectivity index (χ0) is 8.10. The van der Waals surface area contributed by atoms with Crippen LogP contribution >= 0.6 is 0 Å². The van der Waals surface area contributed by atoms with Gasteiger partial charge in [0, 0.05) is 5.69 Å². The summed E-state index contributed by atoms with van der Waals surface area (Å²) in [6.45, 7) is 3.50. The van der Waals surface area contributed by atoms with Crippen molar-refractivity contribution in [2.75, 3.05) is 5.32 Å². The zero-order valence-corrected chi connectivity index (χ0v) is 5.95. The van der Waals surface area contributed by atoms with Crippen molar-refractivity contribution in [1.29, 1.82) is 0 Å². The maximum Gasteiger partial charge on any atom is 0.108 e. The molecule has 1 N–H and O–H groups in total. The van der Waals surface area contributed by atoms with Crippen LogP contribution in [-0.2, 0) is 0 Å². The van der Waals surface area contributed by atoms with Crippen LogP contribution in [0.2, 0.25) is 0 Å². The third kappa shape index (κ3) is 1.89.